The van der Waals surface area contributed by atoms with Crippen molar-refractivity contribution in [3.63, 3.8) is 0 Å². The van der Waals surface area contributed by atoms with Crippen LogP contribution in [0.2, 0.25) is 0 Å². The van der Waals surface area contributed by atoms with E-state index in [1.807, 2.05) is 31.2 Å². The fraction of sp³-hybridized carbons (Fsp3) is 0.368. The van der Waals surface area contributed by atoms with Crippen LogP contribution in [0.15, 0.2) is 29.1 Å². The quantitative estimate of drug-likeness (QED) is 0.756. The lowest BCUT2D eigenvalue weighted by atomic mass is 9.95. The molecule has 0 unspecified atom stereocenters. The molecular weight excluding hydrogens is 330 g/mol. The molecular formula is C19H21N5O2. The van der Waals surface area contributed by atoms with Crippen molar-refractivity contribution in [2.24, 2.45) is 5.73 Å². The molecule has 134 valence electrons. The fourth-order valence-electron chi connectivity index (χ4n) is 3.69. The Bertz CT molecular complexity index is 1030. The molecule has 3 aromatic rings. The van der Waals surface area contributed by atoms with Gasteiger partial charge in [0.15, 0.2) is 17.2 Å². The molecule has 7 heteroatoms. The van der Waals surface area contributed by atoms with E-state index in [2.05, 4.69) is 15.0 Å². The van der Waals surface area contributed by atoms with Crippen molar-refractivity contribution in [3.8, 4) is 11.4 Å². The minimum absolute atomic E-state index is 0.0530. The van der Waals surface area contributed by atoms with Crippen LogP contribution in [0.5, 0.6) is 0 Å². The highest BCUT2D eigenvalue weighted by Crippen LogP contribution is 2.30. The fourth-order valence-corrected chi connectivity index (χ4v) is 3.69. The average Bonchev–Trinajstić information content (AvgIpc) is 2.97. The van der Waals surface area contributed by atoms with E-state index in [9.17, 15) is 9.59 Å². The number of H-pyrrole nitrogens is 1. The second kappa shape index (κ2) is 6.40. The number of rotatable bonds is 3. The number of carbonyl (C=O) groups is 1. The summed E-state index contributed by atoms with van der Waals surface area (Å²) in [5.74, 6) is -0.280. The summed E-state index contributed by atoms with van der Waals surface area (Å²) in [5, 5.41) is 0. The number of imidazole rings is 1. The van der Waals surface area contributed by atoms with E-state index < -0.39 is 5.91 Å². The number of nitrogens with zero attached hydrogens (tertiary/aromatic N) is 3. The Morgan fingerprint density at radius 2 is 1.85 bits per heavy atom. The summed E-state index contributed by atoms with van der Waals surface area (Å²) in [7, 11) is 0. The molecule has 0 atom stereocenters. The van der Waals surface area contributed by atoms with Gasteiger partial charge in [-0.05, 0) is 19.8 Å². The number of aryl methyl sites for hydroxylation is 1. The number of primary amides is 1. The first kappa shape index (κ1) is 16.5. The third-order valence-electron chi connectivity index (χ3n) is 5.05. The summed E-state index contributed by atoms with van der Waals surface area (Å²) < 4.78 is 1.68. The summed E-state index contributed by atoms with van der Waals surface area (Å²) in [6.45, 7) is 2.00. The predicted octanol–water partition coefficient (Wildman–Crippen LogP) is 2.70. The third kappa shape index (κ3) is 2.79. The lowest BCUT2D eigenvalue weighted by molar-refractivity contribution is 0.0997. The normalized spacial score (nSPS) is 15.4. The third-order valence-corrected chi connectivity index (χ3v) is 5.05. The molecule has 0 spiro atoms. The first-order valence-electron chi connectivity index (χ1n) is 8.93. The van der Waals surface area contributed by atoms with E-state index in [4.69, 9.17) is 5.73 Å². The van der Waals surface area contributed by atoms with Crippen molar-refractivity contribution in [1.82, 2.24) is 19.5 Å². The summed E-state index contributed by atoms with van der Waals surface area (Å²) in [4.78, 5) is 36.2. The highest BCUT2D eigenvalue weighted by Gasteiger charge is 2.24. The van der Waals surface area contributed by atoms with Gasteiger partial charge in [-0.15, -0.1) is 0 Å². The molecule has 0 saturated heterocycles. The van der Waals surface area contributed by atoms with E-state index in [0.29, 0.717) is 17.0 Å². The zero-order chi connectivity index (χ0) is 18.3. The van der Waals surface area contributed by atoms with Gasteiger partial charge in [-0.1, -0.05) is 49.1 Å². The number of hydrogen-bond acceptors (Lipinski definition) is 4. The number of amides is 1. The van der Waals surface area contributed by atoms with Crippen LogP contribution in [0.3, 0.4) is 0 Å². The molecule has 1 saturated carbocycles. The van der Waals surface area contributed by atoms with Gasteiger partial charge in [-0.3, -0.25) is 9.36 Å². The minimum Gasteiger partial charge on any atom is -0.364 e. The second-order valence-electron chi connectivity index (χ2n) is 6.92. The summed E-state index contributed by atoms with van der Waals surface area (Å²) in [6.07, 6.45) is 5.22. The van der Waals surface area contributed by atoms with Gasteiger partial charge in [0.2, 0.25) is 0 Å². The largest absolute Gasteiger partial charge is 0.364 e. The van der Waals surface area contributed by atoms with E-state index in [0.717, 1.165) is 36.8 Å². The predicted molar refractivity (Wildman–Crippen MR) is 99.0 cm³/mol. The van der Waals surface area contributed by atoms with Crippen LogP contribution in [0.25, 0.3) is 22.6 Å². The maximum Gasteiger partial charge on any atom is 0.327 e. The maximum atomic E-state index is 12.6. The van der Waals surface area contributed by atoms with E-state index in [-0.39, 0.29) is 17.4 Å². The molecule has 0 bridgehead atoms. The van der Waals surface area contributed by atoms with Gasteiger partial charge >= 0.3 is 5.69 Å². The van der Waals surface area contributed by atoms with Crippen LogP contribution in [0, 0.1) is 6.92 Å². The van der Waals surface area contributed by atoms with Crippen molar-refractivity contribution < 1.29 is 4.79 Å². The minimum atomic E-state index is -0.678. The Morgan fingerprint density at radius 3 is 2.50 bits per heavy atom. The van der Waals surface area contributed by atoms with Crippen molar-refractivity contribution in [1.29, 1.82) is 0 Å². The smallest absolute Gasteiger partial charge is 0.327 e. The van der Waals surface area contributed by atoms with Gasteiger partial charge < -0.3 is 10.7 Å². The van der Waals surface area contributed by atoms with Crippen molar-refractivity contribution >= 4 is 17.1 Å². The van der Waals surface area contributed by atoms with Crippen LogP contribution in [0.1, 0.15) is 54.2 Å². The lowest BCUT2D eigenvalue weighted by Gasteiger charge is -2.22. The molecule has 26 heavy (non-hydrogen) atoms. The number of aromatic nitrogens is 4. The van der Waals surface area contributed by atoms with E-state index >= 15 is 0 Å². The Kier molecular flexibility index (Phi) is 4.06. The van der Waals surface area contributed by atoms with Crippen LogP contribution in [-0.2, 0) is 0 Å². The monoisotopic (exact) mass is 351 g/mol. The Balaban J connectivity index is 1.96. The second-order valence-corrected chi connectivity index (χ2v) is 6.92. The Hall–Kier alpha value is -2.96. The molecule has 3 N–H and O–H groups in total. The number of nitrogens with two attached hydrogens (primary N) is 1. The molecule has 4 rings (SSSR count). The standard InChI is InChI=1S/C19H21N5O2/c1-11-7-9-12(10-8-11)17-21-14(16(20)25)15-18(23-17)24(19(26)22-15)13-5-3-2-4-6-13/h7-10,13H,2-6H2,1H3,(H2,20,25)(H,22,26). The van der Waals surface area contributed by atoms with Gasteiger partial charge in [0, 0.05) is 11.6 Å². The molecule has 0 aliphatic heterocycles. The number of benzene rings is 1. The van der Waals surface area contributed by atoms with Gasteiger partial charge in [-0.2, -0.15) is 0 Å². The lowest BCUT2D eigenvalue weighted by Crippen LogP contribution is -2.24. The number of hydrogen-bond donors (Lipinski definition) is 2. The SMILES string of the molecule is Cc1ccc(-c2nc(C(N)=O)c3[nH]c(=O)n(C4CCCCC4)c3n2)cc1. The van der Waals surface area contributed by atoms with Gasteiger partial charge in [0.05, 0.1) is 0 Å². The number of carbonyl (C=O) groups excluding carboxylic acids is 1. The zero-order valence-electron chi connectivity index (χ0n) is 14.7. The van der Waals surface area contributed by atoms with Crippen LogP contribution in [-0.4, -0.2) is 25.4 Å². The molecule has 7 nitrogen and oxygen atoms in total. The summed E-state index contributed by atoms with van der Waals surface area (Å²) in [6, 6.07) is 7.80. The Morgan fingerprint density at radius 1 is 1.15 bits per heavy atom. The molecule has 2 aromatic heterocycles. The topological polar surface area (TPSA) is 107 Å². The average molecular weight is 351 g/mol. The molecule has 1 aromatic carbocycles. The summed E-state index contributed by atoms with van der Waals surface area (Å²) >= 11 is 0. The van der Waals surface area contributed by atoms with Crippen LogP contribution in [0.4, 0.5) is 0 Å². The summed E-state index contributed by atoms with van der Waals surface area (Å²) in [5.41, 5.74) is 8.00. The molecule has 0 radical (unpaired) electrons. The first-order chi connectivity index (χ1) is 12.5. The van der Waals surface area contributed by atoms with Gasteiger partial charge in [-0.25, -0.2) is 14.8 Å². The van der Waals surface area contributed by atoms with Crippen molar-refractivity contribution in [2.45, 2.75) is 45.1 Å². The first-order valence-corrected chi connectivity index (χ1v) is 8.93. The number of nitrogens with one attached hydrogen (secondary N) is 1. The maximum absolute atomic E-state index is 12.6. The van der Waals surface area contributed by atoms with Gasteiger partial charge in [0.25, 0.3) is 5.91 Å². The molecule has 1 aliphatic carbocycles. The van der Waals surface area contributed by atoms with E-state index in [1.165, 1.54) is 6.42 Å². The highest BCUT2D eigenvalue weighted by molar-refractivity contribution is 6.01. The molecule has 1 amide bonds. The molecule has 1 aliphatic rings. The van der Waals surface area contributed by atoms with E-state index in [1.54, 1.807) is 4.57 Å². The molecule has 1 fully saturated rings. The van der Waals surface area contributed by atoms with Gasteiger partial charge in [0.1, 0.15) is 5.52 Å². The van der Waals surface area contributed by atoms with Crippen molar-refractivity contribution in [3.05, 3.63) is 46.0 Å². The van der Waals surface area contributed by atoms with Crippen LogP contribution < -0.4 is 11.4 Å². The Labute approximate surface area is 150 Å². The zero-order valence-corrected chi connectivity index (χ0v) is 14.7. The number of fused-ring (bicyclic) bond motifs is 1. The highest BCUT2D eigenvalue weighted by atomic mass is 16.2. The van der Waals surface area contributed by atoms with Crippen LogP contribution >= 0.6 is 0 Å². The molecule has 2 heterocycles. The van der Waals surface area contributed by atoms with Crippen molar-refractivity contribution in [2.75, 3.05) is 0 Å². The number of aromatic amines is 1.